The van der Waals surface area contributed by atoms with E-state index in [0.717, 1.165) is 34.6 Å². The number of hydrogen-bond acceptors (Lipinski definition) is 5. The molecule has 0 aliphatic carbocycles. The standard InChI is InChI=1S/C17H20BrN5O/c1-12-8-13(4-5-14(12)18)22-17(24)10-19-15-9-16(21-11-20-15)23-6-2-3-7-23/h4-5,8-9,11H,2-3,6-7,10H2,1H3,(H,22,24)(H,19,20,21). The molecule has 1 aromatic heterocycles. The van der Waals surface area contributed by atoms with Crippen LogP contribution in [0.25, 0.3) is 0 Å². The molecule has 0 atom stereocenters. The molecule has 1 fully saturated rings. The number of nitrogens with one attached hydrogen (secondary N) is 2. The first-order valence-electron chi connectivity index (χ1n) is 7.99. The third-order valence-corrected chi connectivity index (χ3v) is 4.84. The highest BCUT2D eigenvalue weighted by Crippen LogP contribution is 2.20. The Morgan fingerprint density at radius 2 is 2.04 bits per heavy atom. The summed E-state index contributed by atoms with van der Waals surface area (Å²) in [6.07, 6.45) is 3.93. The molecule has 0 unspecified atom stereocenters. The maximum atomic E-state index is 12.1. The van der Waals surface area contributed by atoms with Crippen molar-refractivity contribution in [3.63, 3.8) is 0 Å². The van der Waals surface area contributed by atoms with Gasteiger partial charge in [-0.15, -0.1) is 0 Å². The summed E-state index contributed by atoms with van der Waals surface area (Å²) in [6.45, 7) is 4.20. The van der Waals surface area contributed by atoms with E-state index in [1.54, 1.807) is 0 Å². The van der Waals surface area contributed by atoms with Gasteiger partial charge in [-0.1, -0.05) is 15.9 Å². The number of benzene rings is 1. The van der Waals surface area contributed by atoms with Crippen molar-refractivity contribution < 1.29 is 4.79 Å². The normalized spacial score (nSPS) is 13.8. The minimum Gasteiger partial charge on any atom is -0.361 e. The summed E-state index contributed by atoms with van der Waals surface area (Å²) < 4.78 is 1.02. The van der Waals surface area contributed by atoms with Crippen molar-refractivity contribution in [2.75, 3.05) is 35.2 Å². The molecule has 7 heteroatoms. The molecule has 0 bridgehead atoms. The Bertz CT molecular complexity index is 731. The summed E-state index contributed by atoms with van der Waals surface area (Å²) in [7, 11) is 0. The van der Waals surface area contributed by atoms with Gasteiger partial charge in [0.25, 0.3) is 0 Å². The molecule has 2 N–H and O–H groups in total. The van der Waals surface area contributed by atoms with E-state index in [1.807, 2.05) is 31.2 Å². The van der Waals surface area contributed by atoms with E-state index < -0.39 is 0 Å². The number of hydrogen-bond donors (Lipinski definition) is 2. The molecule has 0 radical (unpaired) electrons. The molecule has 1 amide bonds. The van der Waals surface area contributed by atoms with Crippen LogP contribution in [0.3, 0.4) is 0 Å². The highest BCUT2D eigenvalue weighted by atomic mass is 79.9. The molecule has 2 aromatic rings. The SMILES string of the molecule is Cc1cc(NC(=O)CNc2cc(N3CCCC3)ncn2)ccc1Br. The van der Waals surface area contributed by atoms with Crippen LogP contribution in [0.5, 0.6) is 0 Å². The minimum absolute atomic E-state index is 0.113. The van der Waals surface area contributed by atoms with Gasteiger partial charge in [-0.3, -0.25) is 4.79 Å². The van der Waals surface area contributed by atoms with Crippen molar-refractivity contribution in [2.45, 2.75) is 19.8 Å². The predicted octanol–water partition coefficient (Wildman–Crippen LogP) is 3.20. The number of rotatable bonds is 5. The van der Waals surface area contributed by atoms with Crippen molar-refractivity contribution >= 4 is 39.2 Å². The van der Waals surface area contributed by atoms with Gasteiger partial charge >= 0.3 is 0 Å². The smallest absolute Gasteiger partial charge is 0.243 e. The first-order chi connectivity index (χ1) is 11.6. The van der Waals surface area contributed by atoms with E-state index in [-0.39, 0.29) is 12.5 Å². The lowest BCUT2D eigenvalue weighted by Crippen LogP contribution is -2.23. The summed E-state index contributed by atoms with van der Waals surface area (Å²) in [5, 5.41) is 5.93. The van der Waals surface area contributed by atoms with Crippen LogP contribution in [0, 0.1) is 6.92 Å². The molecular formula is C17H20BrN5O. The Morgan fingerprint density at radius 1 is 1.25 bits per heavy atom. The van der Waals surface area contributed by atoms with Crippen molar-refractivity contribution in [2.24, 2.45) is 0 Å². The largest absolute Gasteiger partial charge is 0.361 e. The molecule has 2 heterocycles. The fraction of sp³-hybridized carbons (Fsp3) is 0.353. The van der Waals surface area contributed by atoms with Crippen LogP contribution < -0.4 is 15.5 Å². The highest BCUT2D eigenvalue weighted by molar-refractivity contribution is 9.10. The molecule has 24 heavy (non-hydrogen) atoms. The van der Waals surface area contributed by atoms with E-state index in [9.17, 15) is 4.79 Å². The van der Waals surface area contributed by atoms with Gasteiger partial charge in [-0.2, -0.15) is 0 Å². The fourth-order valence-corrected chi connectivity index (χ4v) is 2.91. The summed E-state index contributed by atoms with van der Waals surface area (Å²) in [4.78, 5) is 22.8. The molecule has 0 saturated carbocycles. The lowest BCUT2D eigenvalue weighted by atomic mass is 10.2. The maximum absolute atomic E-state index is 12.1. The van der Waals surface area contributed by atoms with Gasteiger partial charge in [0.2, 0.25) is 5.91 Å². The molecule has 6 nitrogen and oxygen atoms in total. The number of carbonyl (C=O) groups excluding carboxylic acids is 1. The van der Waals surface area contributed by atoms with Crippen molar-refractivity contribution in [1.82, 2.24) is 9.97 Å². The van der Waals surface area contributed by atoms with Gasteiger partial charge in [-0.25, -0.2) is 9.97 Å². The summed E-state index contributed by atoms with van der Waals surface area (Å²) in [5.74, 6) is 1.46. The topological polar surface area (TPSA) is 70.2 Å². The van der Waals surface area contributed by atoms with Gasteiger partial charge in [0, 0.05) is 29.3 Å². The van der Waals surface area contributed by atoms with Gasteiger partial charge in [0.1, 0.15) is 18.0 Å². The van der Waals surface area contributed by atoms with Gasteiger partial charge in [-0.05, 0) is 43.5 Å². The van der Waals surface area contributed by atoms with Crippen LogP contribution in [0.2, 0.25) is 0 Å². The van der Waals surface area contributed by atoms with Gasteiger partial charge in [0.15, 0.2) is 0 Å². The molecule has 126 valence electrons. The third-order valence-electron chi connectivity index (χ3n) is 3.95. The van der Waals surface area contributed by atoms with E-state index in [0.29, 0.717) is 5.82 Å². The number of aromatic nitrogens is 2. The number of amides is 1. The second-order valence-corrected chi connectivity index (χ2v) is 6.68. The summed E-state index contributed by atoms with van der Waals surface area (Å²) in [5.41, 5.74) is 1.86. The Kier molecular flexibility index (Phi) is 5.30. The molecule has 0 spiro atoms. The van der Waals surface area contributed by atoms with Crippen LogP contribution in [0.15, 0.2) is 35.1 Å². The van der Waals surface area contributed by atoms with Crippen molar-refractivity contribution in [3.05, 3.63) is 40.6 Å². The number of aryl methyl sites for hydroxylation is 1. The zero-order chi connectivity index (χ0) is 16.9. The maximum Gasteiger partial charge on any atom is 0.243 e. The van der Waals surface area contributed by atoms with Crippen LogP contribution in [0.1, 0.15) is 18.4 Å². The van der Waals surface area contributed by atoms with Gasteiger partial charge < -0.3 is 15.5 Å². The first kappa shape index (κ1) is 16.7. The lowest BCUT2D eigenvalue weighted by Gasteiger charge is -2.16. The quantitative estimate of drug-likeness (QED) is 0.821. The van der Waals surface area contributed by atoms with Crippen LogP contribution >= 0.6 is 15.9 Å². The Labute approximate surface area is 149 Å². The zero-order valence-corrected chi connectivity index (χ0v) is 15.1. The number of halogens is 1. The van der Waals surface area contributed by atoms with E-state index in [4.69, 9.17) is 0 Å². The fourth-order valence-electron chi connectivity index (χ4n) is 2.66. The van der Waals surface area contributed by atoms with E-state index in [1.165, 1.54) is 19.2 Å². The molecule has 1 aromatic carbocycles. The second kappa shape index (κ2) is 7.61. The van der Waals surface area contributed by atoms with Crippen molar-refractivity contribution in [1.29, 1.82) is 0 Å². The molecular weight excluding hydrogens is 370 g/mol. The predicted molar refractivity (Wildman–Crippen MR) is 99.5 cm³/mol. The van der Waals surface area contributed by atoms with E-state index >= 15 is 0 Å². The Balaban J connectivity index is 1.55. The lowest BCUT2D eigenvalue weighted by molar-refractivity contribution is -0.114. The Hall–Kier alpha value is -2.15. The first-order valence-corrected chi connectivity index (χ1v) is 8.78. The van der Waals surface area contributed by atoms with Crippen LogP contribution in [-0.2, 0) is 4.79 Å². The van der Waals surface area contributed by atoms with E-state index in [2.05, 4.69) is 41.4 Å². The van der Waals surface area contributed by atoms with Gasteiger partial charge in [0.05, 0.1) is 6.54 Å². The van der Waals surface area contributed by atoms with Crippen molar-refractivity contribution in [3.8, 4) is 0 Å². The number of carbonyl (C=O) groups is 1. The molecule has 1 saturated heterocycles. The average Bonchev–Trinajstić information content (AvgIpc) is 3.11. The summed E-state index contributed by atoms with van der Waals surface area (Å²) >= 11 is 3.45. The highest BCUT2D eigenvalue weighted by Gasteiger charge is 2.14. The average molecular weight is 390 g/mol. The summed E-state index contributed by atoms with van der Waals surface area (Å²) in [6, 6.07) is 7.61. The monoisotopic (exact) mass is 389 g/mol. The second-order valence-electron chi connectivity index (χ2n) is 5.82. The molecule has 3 rings (SSSR count). The molecule has 1 aliphatic rings. The molecule has 1 aliphatic heterocycles. The number of anilines is 3. The van der Waals surface area contributed by atoms with Crippen LogP contribution in [0.4, 0.5) is 17.3 Å². The van der Waals surface area contributed by atoms with Crippen LogP contribution in [-0.4, -0.2) is 35.5 Å². The number of nitrogens with zero attached hydrogens (tertiary/aromatic N) is 3. The third kappa shape index (κ3) is 4.23. The minimum atomic E-state index is -0.113. The zero-order valence-electron chi connectivity index (χ0n) is 13.6. The Morgan fingerprint density at radius 3 is 2.79 bits per heavy atom.